The Balaban J connectivity index is 1.89. The lowest BCUT2D eigenvalue weighted by Crippen LogP contribution is -2.34. The Morgan fingerprint density at radius 3 is 2.57 bits per heavy atom. The van der Waals surface area contributed by atoms with Crippen molar-refractivity contribution in [2.45, 2.75) is 31.8 Å². The zero-order valence-electron chi connectivity index (χ0n) is 11.8. The number of hydrogen-bond acceptors (Lipinski definition) is 4. The summed E-state index contributed by atoms with van der Waals surface area (Å²) in [6.07, 6.45) is 2.65. The number of hydrogen-bond donors (Lipinski definition) is 1. The van der Waals surface area contributed by atoms with Crippen LogP contribution in [-0.4, -0.2) is 24.9 Å². The van der Waals surface area contributed by atoms with Crippen LogP contribution < -0.4 is 0 Å². The summed E-state index contributed by atoms with van der Waals surface area (Å²) in [5, 5.41) is 23.6. The van der Waals surface area contributed by atoms with Gasteiger partial charge in [0.15, 0.2) is 11.5 Å². The van der Waals surface area contributed by atoms with Crippen LogP contribution in [0.25, 0.3) is 17.0 Å². The van der Waals surface area contributed by atoms with Gasteiger partial charge in [-0.1, -0.05) is 30.3 Å². The standard InChI is InChI=1S/C16H16N4O/c1-11-13(16(21)8-5-9-16)10-14-17-18-15(20(14)19-11)12-6-3-2-4-7-12/h2-4,6-7,10,21H,5,8-9H2,1H3. The van der Waals surface area contributed by atoms with Gasteiger partial charge in [-0.3, -0.25) is 0 Å². The van der Waals surface area contributed by atoms with Gasteiger partial charge in [0.05, 0.1) is 11.3 Å². The van der Waals surface area contributed by atoms with Crippen LogP contribution in [0.4, 0.5) is 0 Å². The van der Waals surface area contributed by atoms with Crippen molar-refractivity contribution in [1.29, 1.82) is 0 Å². The molecule has 0 bridgehead atoms. The first-order valence-electron chi connectivity index (χ1n) is 7.19. The predicted molar refractivity (Wildman–Crippen MR) is 78.7 cm³/mol. The number of benzene rings is 1. The first-order valence-corrected chi connectivity index (χ1v) is 7.19. The second-order valence-electron chi connectivity index (χ2n) is 5.69. The molecule has 5 nitrogen and oxygen atoms in total. The van der Waals surface area contributed by atoms with E-state index in [2.05, 4.69) is 15.3 Å². The molecule has 1 aliphatic carbocycles. The third-order valence-corrected chi connectivity index (χ3v) is 4.29. The van der Waals surface area contributed by atoms with E-state index in [0.29, 0.717) is 5.65 Å². The lowest BCUT2D eigenvalue weighted by Gasteiger charge is -2.37. The summed E-state index contributed by atoms with van der Waals surface area (Å²) in [5.74, 6) is 0.723. The summed E-state index contributed by atoms with van der Waals surface area (Å²) in [4.78, 5) is 0. The van der Waals surface area contributed by atoms with Crippen molar-refractivity contribution in [1.82, 2.24) is 19.8 Å². The van der Waals surface area contributed by atoms with Crippen LogP contribution in [0, 0.1) is 6.92 Å². The second-order valence-corrected chi connectivity index (χ2v) is 5.69. The molecular formula is C16H16N4O. The fourth-order valence-corrected chi connectivity index (χ4v) is 2.94. The van der Waals surface area contributed by atoms with E-state index in [1.807, 2.05) is 43.3 Å². The number of fused-ring (bicyclic) bond motifs is 1. The van der Waals surface area contributed by atoms with Crippen molar-refractivity contribution in [3.8, 4) is 11.4 Å². The monoisotopic (exact) mass is 280 g/mol. The quantitative estimate of drug-likeness (QED) is 0.783. The smallest absolute Gasteiger partial charge is 0.185 e. The van der Waals surface area contributed by atoms with Crippen molar-refractivity contribution in [3.05, 3.63) is 47.7 Å². The lowest BCUT2D eigenvalue weighted by molar-refractivity contribution is -0.0396. The van der Waals surface area contributed by atoms with Crippen molar-refractivity contribution >= 4 is 5.65 Å². The maximum atomic E-state index is 10.5. The first kappa shape index (κ1) is 12.5. The third-order valence-electron chi connectivity index (χ3n) is 4.29. The maximum absolute atomic E-state index is 10.5. The van der Waals surface area contributed by atoms with E-state index in [0.717, 1.165) is 41.9 Å². The highest BCUT2D eigenvalue weighted by Crippen LogP contribution is 2.42. The predicted octanol–water partition coefficient (Wildman–Crippen LogP) is 2.47. The maximum Gasteiger partial charge on any atom is 0.185 e. The molecule has 2 heterocycles. The van der Waals surface area contributed by atoms with Gasteiger partial charge >= 0.3 is 0 Å². The highest BCUT2D eigenvalue weighted by molar-refractivity contribution is 5.59. The Hall–Kier alpha value is -2.27. The molecule has 0 amide bonds. The Kier molecular flexibility index (Phi) is 2.59. The molecule has 1 aromatic carbocycles. The first-order chi connectivity index (χ1) is 10.2. The molecule has 0 spiro atoms. The summed E-state index contributed by atoms with van der Waals surface area (Å²) >= 11 is 0. The van der Waals surface area contributed by atoms with Crippen molar-refractivity contribution in [3.63, 3.8) is 0 Å². The van der Waals surface area contributed by atoms with Gasteiger partial charge in [-0.05, 0) is 32.3 Å². The molecule has 1 saturated carbocycles. The molecule has 1 aliphatic rings. The molecule has 0 aliphatic heterocycles. The van der Waals surface area contributed by atoms with Gasteiger partial charge in [0.2, 0.25) is 0 Å². The van der Waals surface area contributed by atoms with E-state index >= 15 is 0 Å². The number of aromatic nitrogens is 4. The van der Waals surface area contributed by atoms with Crippen LogP contribution in [0.5, 0.6) is 0 Å². The minimum atomic E-state index is -0.725. The molecule has 3 aromatic rings. The fourth-order valence-electron chi connectivity index (χ4n) is 2.94. The van der Waals surface area contributed by atoms with Gasteiger partial charge in [-0.15, -0.1) is 10.2 Å². The van der Waals surface area contributed by atoms with E-state index in [9.17, 15) is 5.11 Å². The Labute approximate surface area is 122 Å². The van der Waals surface area contributed by atoms with Crippen LogP contribution in [0.2, 0.25) is 0 Å². The van der Waals surface area contributed by atoms with Crippen LogP contribution >= 0.6 is 0 Å². The highest BCUT2D eigenvalue weighted by atomic mass is 16.3. The van der Waals surface area contributed by atoms with Gasteiger partial charge < -0.3 is 5.11 Å². The van der Waals surface area contributed by atoms with Crippen LogP contribution in [0.3, 0.4) is 0 Å². The summed E-state index contributed by atoms with van der Waals surface area (Å²) in [7, 11) is 0. The number of rotatable bonds is 2. The zero-order chi connectivity index (χ0) is 14.4. The largest absolute Gasteiger partial charge is 0.385 e. The summed E-state index contributed by atoms with van der Waals surface area (Å²) < 4.78 is 1.75. The van der Waals surface area contributed by atoms with Crippen molar-refractivity contribution in [2.24, 2.45) is 0 Å². The molecular weight excluding hydrogens is 264 g/mol. The average Bonchev–Trinajstić information content (AvgIpc) is 2.87. The van der Waals surface area contributed by atoms with Crippen LogP contribution in [0.1, 0.15) is 30.5 Å². The third kappa shape index (κ3) is 1.85. The molecule has 1 fully saturated rings. The normalized spacial score (nSPS) is 16.9. The molecule has 0 saturated heterocycles. The van der Waals surface area contributed by atoms with Gasteiger partial charge in [-0.2, -0.15) is 9.61 Å². The molecule has 106 valence electrons. The van der Waals surface area contributed by atoms with Crippen LogP contribution in [-0.2, 0) is 5.60 Å². The molecule has 0 atom stereocenters. The van der Waals surface area contributed by atoms with Gasteiger partial charge in [-0.25, -0.2) is 0 Å². The van der Waals surface area contributed by atoms with Gasteiger partial charge in [0.1, 0.15) is 0 Å². The average molecular weight is 280 g/mol. The zero-order valence-corrected chi connectivity index (χ0v) is 11.8. The number of aryl methyl sites for hydroxylation is 1. The lowest BCUT2D eigenvalue weighted by atomic mass is 9.75. The molecule has 5 heteroatoms. The SMILES string of the molecule is Cc1nn2c(-c3ccccc3)nnc2cc1C1(O)CCC1. The summed E-state index contributed by atoms with van der Waals surface area (Å²) in [5.41, 5.74) is 2.65. The topological polar surface area (TPSA) is 63.3 Å². The van der Waals surface area contributed by atoms with Gasteiger partial charge in [0, 0.05) is 11.1 Å². The van der Waals surface area contributed by atoms with E-state index < -0.39 is 5.60 Å². The van der Waals surface area contributed by atoms with Crippen molar-refractivity contribution < 1.29 is 5.11 Å². The minimum Gasteiger partial charge on any atom is -0.385 e. The Morgan fingerprint density at radius 2 is 1.90 bits per heavy atom. The highest BCUT2D eigenvalue weighted by Gasteiger charge is 2.38. The molecule has 21 heavy (non-hydrogen) atoms. The van der Waals surface area contributed by atoms with E-state index in [4.69, 9.17) is 0 Å². The van der Waals surface area contributed by atoms with Gasteiger partial charge in [0.25, 0.3) is 0 Å². The molecule has 0 radical (unpaired) electrons. The molecule has 1 N–H and O–H groups in total. The Bertz CT molecular complexity index is 806. The summed E-state index contributed by atoms with van der Waals surface area (Å²) in [6, 6.07) is 11.8. The minimum absolute atomic E-state index is 0.676. The molecule has 0 unspecified atom stereocenters. The molecule has 4 rings (SSSR count). The van der Waals surface area contributed by atoms with E-state index in [1.54, 1.807) is 4.52 Å². The Morgan fingerprint density at radius 1 is 1.14 bits per heavy atom. The van der Waals surface area contributed by atoms with E-state index in [-0.39, 0.29) is 0 Å². The van der Waals surface area contributed by atoms with Crippen LogP contribution in [0.15, 0.2) is 36.4 Å². The summed E-state index contributed by atoms with van der Waals surface area (Å²) in [6.45, 7) is 1.93. The second kappa shape index (κ2) is 4.36. The fraction of sp³-hybridized carbons (Fsp3) is 0.312. The molecule has 2 aromatic heterocycles. The van der Waals surface area contributed by atoms with E-state index in [1.165, 1.54) is 0 Å². The number of nitrogens with zero attached hydrogens (tertiary/aromatic N) is 4. The number of aliphatic hydroxyl groups is 1. The van der Waals surface area contributed by atoms with Crippen molar-refractivity contribution in [2.75, 3.05) is 0 Å².